The Morgan fingerprint density at radius 1 is 1.27 bits per heavy atom. The summed E-state index contributed by atoms with van der Waals surface area (Å²) in [5.74, 6) is 0. The first-order chi connectivity index (χ1) is 5.31. The van der Waals surface area contributed by atoms with E-state index in [0.29, 0.717) is 0 Å². The summed E-state index contributed by atoms with van der Waals surface area (Å²) in [6, 6.07) is 0. The average molecular weight is 155 g/mol. The van der Waals surface area contributed by atoms with E-state index < -0.39 is 0 Å². The molecule has 0 bridgehead atoms. The Morgan fingerprint density at radius 2 is 2.00 bits per heavy atom. The Bertz CT molecular complexity index is 105. The smallest absolute Gasteiger partial charge is 0.0805 e. The van der Waals surface area contributed by atoms with Crippen LogP contribution in [0.4, 0.5) is 0 Å². The van der Waals surface area contributed by atoms with Crippen molar-refractivity contribution in [2.45, 2.75) is 40.0 Å². The maximum atomic E-state index is 5.10. The van der Waals surface area contributed by atoms with Gasteiger partial charge in [0, 0.05) is 6.61 Å². The van der Waals surface area contributed by atoms with Gasteiger partial charge in [-0.1, -0.05) is 11.6 Å². The summed E-state index contributed by atoms with van der Waals surface area (Å²) in [5, 5.41) is 0. The van der Waals surface area contributed by atoms with Gasteiger partial charge in [0.2, 0.25) is 0 Å². The predicted octanol–water partition coefficient (Wildman–Crippen LogP) is 3.32. The van der Waals surface area contributed by atoms with Crippen LogP contribution in [0.3, 0.4) is 0 Å². The summed E-state index contributed by atoms with van der Waals surface area (Å²) in [4.78, 5) is 0. The molecule has 0 rings (SSSR count). The van der Waals surface area contributed by atoms with Crippen molar-refractivity contribution in [3.8, 4) is 0 Å². The van der Waals surface area contributed by atoms with Crippen LogP contribution in [0.25, 0.3) is 0 Å². The maximum Gasteiger partial charge on any atom is 0.0805 e. The van der Waals surface area contributed by atoms with Crippen LogP contribution in [0, 0.1) is 6.61 Å². The van der Waals surface area contributed by atoms with Gasteiger partial charge in [0.1, 0.15) is 0 Å². The third-order valence-electron chi connectivity index (χ3n) is 1.74. The normalized spacial score (nSPS) is 12.1. The van der Waals surface area contributed by atoms with Crippen molar-refractivity contribution in [1.29, 1.82) is 0 Å². The van der Waals surface area contributed by atoms with Gasteiger partial charge in [0.25, 0.3) is 0 Å². The summed E-state index contributed by atoms with van der Waals surface area (Å²) < 4.78 is 5.10. The highest BCUT2D eigenvalue weighted by Crippen LogP contribution is 2.05. The quantitative estimate of drug-likeness (QED) is 0.422. The lowest BCUT2D eigenvalue weighted by Crippen LogP contribution is -1.89. The minimum Gasteiger partial charge on any atom is -0.376 e. The number of unbranched alkanes of at least 4 members (excludes halogenated alkanes) is 1. The van der Waals surface area contributed by atoms with Crippen molar-refractivity contribution in [2.24, 2.45) is 0 Å². The van der Waals surface area contributed by atoms with Gasteiger partial charge < -0.3 is 4.74 Å². The molecule has 0 amide bonds. The number of hydrogen-bond acceptors (Lipinski definition) is 1. The van der Waals surface area contributed by atoms with Crippen LogP contribution in [-0.4, -0.2) is 6.61 Å². The largest absolute Gasteiger partial charge is 0.376 e. The van der Waals surface area contributed by atoms with Gasteiger partial charge in [-0.3, -0.25) is 0 Å². The van der Waals surface area contributed by atoms with Crippen LogP contribution in [0.2, 0.25) is 0 Å². The van der Waals surface area contributed by atoms with Crippen LogP contribution in [0.1, 0.15) is 40.0 Å². The molecule has 0 unspecified atom stereocenters. The van der Waals surface area contributed by atoms with Gasteiger partial charge in [-0.2, -0.15) is 0 Å². The lowest BCUT2D eigenvalue weighted by atomic mass is 10.1. The molecular weight excluding hydrogens is 136 g/mol. The third-order valence-corrected chi connectivity index (χ3v) is 1.74. The predicted molar refractivity (Wildman–Crippen MR) is 49.2 cm³/mol. The minimum absolute atomic E-state index is 0.869. The van der Waals surface area contributed by atoms with E-state index >= 15 is 0 Å². The molecule has 0 saturated carbocycles. The lowest BCUT2D eigenvalue weighted by Gasteiger charge is -2.00. The van der Waals surface area contributed by atoms with Crippen molar-refractivity contribution in [2.75, 3.05) is 6.61 Å². The first-order valence-electron chi connectivity index (χ1n) is 4.32. The Hall–Kier alpha value is -0.300. The summed E-state index contributed by atoms with van der Waals surface area (Å²) in [7, 11) is 0. The minimum atomic E-state index is 0.869. The molecule has 0 aliphatic heterocycles. The summed E-state index contributed by atoms with van der Waals surface area (Å²) in [6.45, 7) is 8.80. The van der Waals surface area contributed by atoms with Crippen LogP contribution < -0.4 is 0 Å². The fourth-order valence-corrected chi connectivity index (χ4v) is 0.851. The fourth-order valence-electron chi connectivity index (χ4n) is 0.851. The Kier molecular flexibility index (Phi) is 7.59. The zero-order chi connectivity index (χ0) is 8.53. The van der Waals surface area contributed by atoms with Crippen LogP contribution in [0.15, 0.2) is 11.6 Å². The summed E-state index contributed by atoms with van der Waals surface area (Å²) in [5.41, 5.74) is 1.48. The zero-order valence-corrected chi connectivity index (χ0v) is 7.89. The summed E-state index contributed by atoms with van der Waals surface area (Å²) >= 11 is 0. The van der Waals surface area contributed by atoms with E-state index in [-0.39, 0.29) is 0 Å². The van der Waals surface area contributed by atoms with E-state index in [9.17, 15) is 0 Å². The molecule has 1 radical (unpaired) electrons. The summed E-state index contributed by atoms with van der Waals surface area (Å²) in [6.07, 6.45) is 5.79. The third kappa shape index (κ3) is 7.60. The standard InChI is InChI=1S/C10H19O/c1-4-10(3)8-6-7-9-11-5-2/h4-5H,6-9H2,1-3H3/b10-4+. The second-order valence-corrected chi connectivity index (χ2v) is 2.70. The van der Waals surface area contributed by atoms with Crippen LogP contribution in [-0.2, 0) is 4.74 Å². The number of allylic oxidation sites excluding steroid dienone is 2. The first-order valence-corrected chi connectivity index (χ1v) is 4.32. The second kappa shape index (κ2) is 7.80. The van der Waals surface area contributed by atoms with Crippen LogP contribution >= 0.6 is 0 Å². The molecule has 0 heterocycles. The molecule has 11 heavy (non-hydrogen) atoms. The molecule has 1 nitrogen and oxygen atoms in total. The highest BCUT2D eigenvalue weighted by molar-refractivity contribution is 4.94. The van der Waals surface area contributed by atoms with E-state index in [1.54, 1.807) is 6.61 Å². The number of ether oxygens (including phenoxy) is 1. The zero-order valence-electron chi connectivity index (χ0n) is 7.89. The van der Waals surface area contributed by atoms with Crippen molar-refractivity contribution < 1.29 is 4.74 Å². The maximum absolute atomic E-state index is 5.10. The fraction of sp³-hybridized carbons (Fsp3) is 0.700. The first kappa shape index (κ1) is 10.7. The van der Waals surface area contributed by atoms with Crippen molar-refractivity contribution in [3.05, 3.63) is 18.3 Å². The molecule has 0 fully saturated rings. The highest BCUT2D eigenvalue weighted by Gasteiger charge is 1.89. The Labute approximate surface area is 70.4 Å². The molecule has 0 aliphatic rings. The van der Waals surface area contributed by atoms with Gasteiger partial charge in [0.05, 0.1) is 6.61 Å². The lowest BCUT2D eigenvalue weighted by molar-refractivity contribution is 0.198. The molecule has 0 aromatic carbocycles. The van der Waals surface area contributed by atoms with Crippen molar-refractivity contribution in [1.82, 2.24) is 0 Å². The Morgan fingerprint density at radius 3 is 2.55 bits per heavy atom. The molecule has 0 spiro atoms. The molecule has 65 valence electrons. The number of hydrogen-bond donors (Lipinski definition) is 0. The monoisotopic (exact) mass is 155 g/mol. The molecule has 0 N–H and O–H groups in total. The number of rotatable bonds is 6. The van der Waals surface area contributed by atoms with Gasteiger partial charge in [-0.25, -0.2) is 0 Å². The second-order valence-electron chi connectivity index (χ2n) is 2.70. The molecular formula is C10H19O. The van der Waals surface area contributed by atoms with E-state index in [4.69, 9.17) is 4.74 Å². The van der Waals surface area contributed by atoms with Gasteiger partial charge >= 0.3 is 0 Å². The van der Waals surface area contributed by atoms with E-state index in [1.807, 2.05) is 6.92 Å². The van der Waals surface area contributed by atoms with Crippen molar-refractivity contribution >= 4 is 0 Å². The van der Waals surface area contributed by atoms with Crippen LogP contribution in [0.5, 0.6) is 0 Å². The van der Waals surface area contributed by atoms with Gasteiger partial charge in [-0.05, 0) is 40.0 Å². The Balaban J connectivity index is 3.02. The molecule has 1 heteroatoms. The van der Waals surface area contributed by atoms with E-state index in [0.717, 1.165) is 13.0 Å². The van der Waals surface area contributed by atoms with E-state index in [1.165, 1.54) is 18.4 Å². The van der Waals surface area contributed by atoms with Gasteiger partial charge in [-0.15, -0.1) is 0 Å². The molecule has 0 saturated heterocycles. The van der Waals surface area contributed by atoms with E-state index in [2.05, 4.69) is 19.9 Å². The topological polar surface area (TPSA) is 9.23 Å². The van der Waals surface area contributed by atoms with Gasteiger partial charge in [0.15, 0.2) is 0 Å². The van der Waals surface area contributed by atoms with Crippen molar-refractivity contribution in [3.63, 3.8) is 0 Å². The molecule has 0 aromatic rings. The molecule has 0 aliphatic carbocycles. The average Bonchev–Trinajstić information content (AvgIpc) is 2.04. The SMILES string of the molecule is C[CH]OCCCC/C(C)=C/C. The highest BCUT2D eigenvalue weighted by atomic mass is 16.5. The molecule has 0 atom stereocenters. The molecule has 0 aromatic heterocycles.